The van der Waals surface area contributed by atoms with Crippen molar-refractivity contribution in [3.8, 4) is 0 Å². The summed E-state index contributed by atoms with van der Waals surface area (Å²) in [5.41, 5.74) is -0.0123. The van der Waals surface area contributed by atoms with Crippen LogP contribution >= 0.6 is 0 Å². The first-order chi connectivity index (χ1) is 7.24. The summed E-state index contributed by atoms with van der Waals surface area (Å²) in [6.07, 6.45) is 2.33. The van der Waals surface area contributed by atoms with Gasteiger partial charge in [-0.3, -0.25) is 9.59 Å². The number of amides is 1. The number of carboxylic acid groups (broad SMARTS) is 1. The molecular weight excluding hydrogens is 206 g/mol. The van der Waals surface area contributed by atoms with Gasteiger partial charge in [0.15, 0.2) is 0 Å². The fourth-order valence-corrected chi connectivity index (χ4v) is 1.54. The van der Waals surface area contributed by atoms with Crippen molar-refractivity contribution in [3.63, 3.8) is 0 Å². The Balaban J connectivity index is 4.36. The second kappa shape index (κ2) is 6.30. The third kappa shape index (κ3) is 8.03. The fourth-order valence-electron chi connectivity index (χ4n) is 1.54. The van der Waals surface area contributed by atoms with Gasteiger partial charge in [-0.1, -0.05) is 26.8 Å². The maximum Gasteiger partial charge on any atom is 0.305 e. The van der Waals surface area contributed by atoms with Crippen molar-refractivity contribution in [2.75, 3.05) is 0 Å². The van der Waals surface area contributed by atoms with Gasteiger partial charge in [-0.05, 0) is 11.8 Å². The lowest BCUT2D eigenvalue weighted by Crippen LogP contribution is -2.38. The molecule has 4 nitrogen and oxygen atoms in total. The van der Waals surface area contributed by atoms with E-state index in [0.29, 0.717) is 6.42 Å². The molecular formula is C12H21NO3. The molecule has 0 aliphatic carbocycles. The Labute approximate surface area is 96.7 Å². The smallest absolute Gasteiger partial charge is 0.305 e. The van der Waals surface area contributed by atoms with Gasteiger partial charge in [0.2, 0.25) is 5.91 Å². The predicted molar refractivity (Wildman–Crippen MR) is 63.1 cm³/mol. The van der Waals surface area contributed by atoms with Crippen LogP contribution in [-0.2, 0) is 9.59 Å². The highest BCUT2D eigenvalue weighted by atomic mass is 16.4. The first-order valence-electron chi connectivity index (χ1n) is 5.36. The summed E-state index contributed by atoms with van der Waals surface area (Å²) in [5, 5.41) is 11.5. The Bertz CT molecular complexity index is 266. The number of hydrogen-bond donors (Lipinski definition) is 2. The number of aliphatic carboxylic acids is 1. The molecule has 0 aromatic rings. The third-order valence-corrected chi connectivity index (χ3v) is 1.97. The number of hydrogen-bond acceptors (Lipinski definition) is 2. The van der Waals surface area contributed by atoms with Gasteiger partial charge < -0.3 is 10.4 Å². The molecule has 1 unspecified atom stereocenters. The van der Waals surface area contributed by atoms with Crippen molar-refractivity contribution < 1.29 is 14.7 Å². The van der Waals surface area contributed by atoms with Crippen LogP contribution in [-0.4, -0.2) is 23.0 Å². The number of rotatable bonds is 6. The molecule has 0 spiro atoms. The second-order valence-corrected chi connectivity index (χ2v) is 5.12. The van der Waals surface area contributed by atoms with Crippen LogP contribution in [0.1, 0.15) is 40.0 Å². The molecule has 92 valence electrons. The fraction of sp³-hybridized carbons (Fsp3) is 0.667. The molecule has 1 amide bonds. The maximum absolute atomic E-state index is 11.3. The van der Waals surface area contributed by atoms with Gasteiger partial charge in [0.1, 0.15) is 0 Å². The lowest BCUT2D eigenvalue weighted by atomic mass is 9.87. The molecule has 0 fully saturated rings. The van der Waals surface area contributed by atoms with Crippen LogP contribution in [0.5, 0.6) is 0 Å². The van der Waals surface area contributed by atoms with Crippen LogP contribution in [0.15, 0.2) is 12.7 Å². The number of carbonyl (C=O) groups is 2. The van der Waals surface area contributed by atoms with E-state index in [-0.39, 0.29) is 30.2 Å². The van der Waals surface area contributed by atoms with E-state index in [2.05, 4.69) is 11.9 Å². The van der Waals surface area contributed by atoms with Crippen LogP contribution in [0, 0.1) is 5.41 Å². The van der Waals surface area contributed by atoms with E-state index in [4.69, 9.17) is 5.11 Å². The molecule has 0 heterocycles. The van der Waals surface area contributed by atoms with E-state index in [1.165, 1.54) is 6.08 Å². The molecule has 0 aromatic carbocycles. The minimum Gasteiger partial charge on any atom is -0.481 e. The lowest BCUT2D eigenvalue weighted by molar-refractivity contribution is -0.137. The van der Waals surface area contributed by atoms with Crippen molar-refractivity contribution in [1.82, 2.24) is 5.32 Å². The van der Waals surface area contributed by atoms with Crippen LogP contribution < -0.4 is 5.32 Å². The summed E-state index contributed by atoms with van der Waals surface area (Å²) < 4.78 is 0. The average molecular weight is 227 g/mol. The molecule has 0 saturated heterocycles. The number of nitrogens with one attached hydrogen (secondary N) is 1. The highest BCUT2D eigenvalue weighted by Gasteiger charge is 2.22. The van der Waals surface area contributed by atoms with Gasteiger partial charge in [0.05, 0.1) is 6.42 Å². The van der Waals surface area contributed by atoms with Crippen molar-refractivity contribution in [2.45, 2.75) is 46.1 Å². The third-order valence-electron chi connectivity index (χ3n) is 1.97. The molecule has 0 bridgehead atoms. The van der Waals surface area contributed by atoms with Crippen LogP contribution in [0.4, 0.5) is 0 Å². The Morgan fingerprint density at radius 3 is 2.38 bits per heavy atom. The SMILES string of the molecule is C=CCC(=O)NC(CC(=O)O)CC(C)(C)C. The Morgan fingerprint density at radius 1 is 1.44 bits per heavy atom. The van der Waals surface area contributed by atoms with E-state index >= 15 is 0 Å². The van der Waals surface area contributed by atoms with Crippen molar-refractivity contribution in [1.29, 1.82) is 0 Å². The number of carbonyl (C=O) groups excluding carboxylic acids is 1. The molecule has 0 radical (unpaired) electrons. The summed E-state index contributed by atoms with van der Waals surface area (Å²) >= 11 is 0. The van der Waals surface area contributed by atoms with Crippen LogP contribution in [0.25, 0.3) is 0 Å². The van der Waals surface area contributed by atoms with Gasteiger partial charge in [-0.2, -0.15) is 0 Å². The minimum atomic E-state index is -0.895. The summed E-state index contributed by atoms with van der Waals surface area (Å²) in [5.74, 6) is -1.07. The molecule has 0 aromatic heterocycles. The molecule has 0 aliphatic heterocycles. The van der Waals surface area contributed by atoms with Crippen molar-refractivity contribution in [2.24, 2.45) is 5.41 Å². The molecule has 16 heavy (non-hydrogen) atoms. The normalized spacial score (nSPS) is 12.9. The molecule has 1 atom stereocenters. The summed E-state index contributed by atoms with van der Waals surface area (Å²) in [7, 11) is 0. The monoisotopic (exact) mass is 227 g/mol. The van der Waals surface area contributed by atoms with Gasteiger partial charge in [-0.15, -0.1) is 6.58 Å². The van der Waals surface area contributed by atoms with Gasteiger partial charge >= 0.3 is 5.97 Å². The summed E-state index contributed by atoms with van der Waals surface area (Å²) in [6.45, 7) is 9.51. The van der Waals surface area contributed by atoms with E-state index < -0.39 is 5.97 Å². The minimum absolute atomic E-state index is 0.0123. The maximum atomic E-state index is 11.3. The van der Waals surface area contributed by atoms with Gasteiger partial charge in [0, 0.05) is 12.5 Å². The largest absolute Gasteiger partial charge is 0.481 e. The Morgan fingerprint density at radius 2 is 2.00 bits per heavy atom. The number of carboxylic acids is 1. The van der Waals surface area contributed by atoms with Crippen molar-refractivity contribution in [3.05, 3.63) is 12.7 Å². The Kier molecular flexibility index (Phi) is 5.78. The zero-order chi connectivity index (χ0) is 12.8. The van der Waals surface area contributed by atoms with Crippen molar-refractivity contribution >= 4 is 11.9 Å². The highest BCUT2D eigenvalue weighted by molar-refractivity contribution is 5.78. The second-order valence-electron chi connectivity index (χ2n) is 5.12. The van der Waals surface area contributed by atoms with Gasteiger partial charge in [0.25, 0.3) is 0 Å². The molecule has 0 rings (SSSR count). The summed E-state index contributed by atoms with van der Waals surface area (Å²) in [6, 6.07) is -0.315. The van der Waals surface area contributed by atoms with E-state index in [1.807, 2.05) is 20.8 Å². The topological polar surface area (TPSA) is 66.4 Å². The molecule has 2 N–H and O–H groups in total. The van der Waals surface area contributed by atoms with Crippen LogP contribution in [0.2, 0.25) is 0 Å². The zero-order valence-electron chi connectivity index (χ0n) is 10.2. The quantitative estimate of drug-likeness (QED) is 0.682. The predicted octanol–water partition coefficient (Wildman–Crippen LogP) is 1.96. The highest BCUT2D eigenvalue weighted by Crippen LogP contribution is 2.22. The van der Waals surface area contributed by atoms with E-state index in [1.54, 1.807) is 0 Å². The first kappa shape index (κ1) is 14.7. The standard InChI is InChI=1S/C12H21NO3/c1-5-6-10(14)13-9(7-11(15)16)8-12(2,3)4/h5,9H,1,6-8H2,2-4H3,(H,13,14)(H,15,16). The Hall–Kier alpha value is -1.32. The molecule has 4 heteroatoms. The first-order valence-corrected chi connectivity index (χ1v) is 5.36. The van der Waals surface area contributed by atoms with E-state index in [0.717, 1.165) is 0 Å². The van der Waals surface area contributed by atoms with Gasteiger partial charge in [-0.25, -0.2) is 0 Å². The van der Waals surface area contributed by atoms with E-state index in [9.17, 15) is 9.59 Å². The lowest BCUT2D eigenvalue weighted by Gasteiger charge is -2.25. The zero-order valence-corrected chi connectivity index (χ0v) is 10.2. The molecule has 0 aliphatic rings. The van der Waals surface area contributed by atoms with Crippen LogP contribution in [0.3, 0.4) is 0 Å². The molecule has 0 saturated carbocycles. The summed E-state index contributed by atoms with van der Waals surface area (Å²) in [4.78, 5) is 22.0. The average Bonchev–Trinajstić information content (AvgIpc) is 1.98.